The Bertz CT molecular complexity index is 819. The van der Waals surface area contributed by atoms with Crippen LogP contribution in [0.1, 0.15) is 28.8 Å². The molecule has 0 radical (unpaired) electrons. The van der Waals surface area contributed by atoms with Gasteiger partial charge in [0.25, 0.3) is 5.91 Å². The zero-order valence-electron chi connectivity index (χ0n) is 13.2. The van der Waals surface area contributed by atoms with E-state index in [9.17, 15) is 9.59 Å². The number of hydrogen-bond donors (Lipinski definition) is 1. The largest absolute Gasteiger partial charge is 0.325 e. The first-order valence-corrected chi connectivity index (χ1v) is 9.17. The fourth-order valence-electron chi connectivity index (χ4n) is 3.25. The number of aryl methyl sites for hydroxylation is 1. The van der Waals surface area contributed by atoms with Crippen LogP contribution in [0.2, 0.25) is 0 Å². The lowest BCUT2D eigenvalue weighted by atomic mass is 10.0. The quantitative estimate of drug-likeness (QED) is 0.862. The molecule has 0 bridgehead atoms. The van der Waals surface area contributed by atoms with Gasteiger partial charge in [-0.25, -0.2) is 0 Å². The van der Waals surface area contributed by atoms with Gasteiger partial charge in [-0.05, 0) is 42.7 Å². The molecule has 5 heteroatoms. The van der Waals surface area contributed by atoms with Crippen molar-refractivity contribution in [3.63, 3.8) is 0 Å². The minimum absolute atomic E-state index is 0.00607. The monoisotopic (exact) mass is 338 g/mol. The van der Waals surface area contributed by atoms with Crippen molar-refractivity contribution in [2.24, 2.45) is 0 Å². The summed E-state index contributed by atoms with van der Waals surface area (Å²) < 4.78 is 0. The highest BCUT2D eigenvalue weighted by molar-refractivity contribution is 7.99. The van der Waals surface area contributed by atoms with Gasteiger partial charge < -0.3 is 10.2 Å². The number of hydrogen-bond acceptors (Lipinski definition) is 3. The van der Waals surface area contributed by atoms with Crippen LogP contribution in [-0.4, -0.2) is 24.1 Å². The second-order valence-corrected chi connectivity index (χ2v) is 7.18. The van der Waals surface area contributed by atoms with Crippen LogP contribution in [0.4, 0.5) is 11.4 Å². The van der Waals surface area contributed by atoms with E-state index in [4.69, 9.17) is 0 Å². The summed E-state index contributed by atoms with van der Waals surface area (Å²) in [6.45, 7) is 0.730. The van der Waals surface area contributed by atoms with Crippen molar-refractivity contribution in [2.75, 3.05) is 22.5 Å². The Hall–Kier alpha value is -2.27. The van der Waals surface area contributed by atoms with E-state index in [1.165, 1.54) is 5.56 Å². The third-order valence-electron chi connectivity index (χ3n) is 4.44. The van der Waals surface area contributed by atoms with Crippen molar-refractivity contribution >= 4 is 35.0 Å². The summed E-state index contributed by atoms with van der Waals surface area (Å²) in [4.78, 5) is 27.7. The van der Waals surface area contributed by atoms with Gasteiger partial charge in [0.05, 0.1) is 5.69 Å². The predicted molar refractivity (Wildman–Crippen MR) is 96.9 cm³/mol. The molecule has 24 heavy (non-hydrogen) atoms. The molecule has 0 unspecified atom stereocenters. The predicted octanol–water partition coefficient (Wildman–Crippen LogP) is 3.71. The minimum Gasteiger partial charge on any atom is -0.325 e. The summed E-state index contributed by atoms with van der Waals surface area (Å²) in [6, 6.07) is 13.7. The fraction of sp³-hybridized carbons (Fsp3) is 0.263. The lowest BCUT2D eigenvalue weighted by molar-refractivity contribution is -0.115. The summed E-state index contributed by atoms with van der Waals surface area (Å²) >= 11 is 1.65. The number of nitrogens with one attached hydrogen (secondary N) is 1. The van der Waals surface area contributed by atoms with Crippen molar-refractivity contribution in [2.45, 2.75) is 24.2 Å². The molecule has 4 rings (SSSR count). The summed E-state index contributed by atoms with van der Waals surface area (Å²) in [5.74, 6) is 0.772. The Morgan fingerprint density at radius 2 is 2.00 bits per heavy atom. The molecule has 1 N–H and O–H groups in total. The average Bonchev–Trinajstić information content (AvgIpc) is 2.80. The van der Waals surface area contributed by atoms with E-state index in [2.05, 4.69) is 11.4 Å². The van der Waals surface area contributed by atoms with Crippen LogP contribution in [0.15, 0.2) is 47.4 Å². The van der Waals surface area contributed by atoms with Crippen LogP contribution >= 0.6 is 11.8 Å². The van der Waals surface area contributed by atoms with Gasteiger partial charge >= 0.3 is 0 Å². The lowest BCUT2D eigenvalue weighted by Crippen LogP contribution is -2.35. The highest BCUT2D eigenvalue weighted by Crippen LogP contribution is 2.33. The molecule has 4 nitrogen and oxygen atoms in total. The summed E-state index contributed by atoms with van der Waals surface area (Å²) in [5, 5.41) is 2.91. The highest BCUT2D eigenvalue weighted by atomic mass is 32.2. The van der Waals surface area contributed by atoms with Crippen LogP contribution in [0.3, 0.4) is 0 Å². The Morgan fingerprint density at radius 1 is 1.12 bits per heavy atom. The van der Waals surface area contributed by atoms with E-state index in [1.807, 2.05) is 41.3 Å². The number of para-hydroxylation sites is 1. The van der Waals surface area contributed by atoms with Crippen LogP contribution in [0, 0.1) is 0 Å². The highest BCUT2D eigenvalue weighted by Gasteiger charge is 2.24. The van der Waals surface area contributed by atoms with Crippen LogP contribution in [0.5, 0.6) is 0 Å². The smallest absolute Gasteiger partial charge is 0.258 e. The Balaban J connectivity index is 1.67. The topological polar surface area (TPSA) is 49.4 Å². The molecule has 2 aromatic rings. The van der Waals surface area contributed by atoms with Gasteiger partial charge in [0, 0.05) is 34.9 Å². The first-order valence-electron chi connectivity index (χ1n) is 8.19. The van der Waals surface area contributed by atoms with Crippen LogP contribution < -0.4 is 10.2 Å². The normalized spacial score (nSPS) is 16.7. The summed E-state index contributed by atoms with van der Waals surface area (Å²) in [6.07, 6.45) is 2.49. The Kier molecular flexibility index (Phi) is 4.02. The zero-order valence-corrected chi connectivity index (χ0v) is 14.1. The molecule has 0 saturated carbocycles. The molecule has 2 amide bonds. The number of carbonyl (C=O) groups excluding carboxylic acids is 2. The Labute approximate surface area is 145 Å². The van der Waals surface area contributed by atoms with Gasteiger partial charge in [0.15, 0.2) is 0 Å². The summed E-state index contributed by atoms with van der Waals surface area (Å²) in [5.41, 5.74) is 3.59. The first-order chi connectivity index (χ1) is 11.7. The second-order valence-electron chi connectivity index (χ2n) is 6.05. The molecule has 122 valence electrons. The number of rotatable bonds is 1. The number of benzene rings is 2. The molecule has 0 aromatic heterocycles. The molecule has 2 aliphatic rings. The van der Waals surface area contributed by atoms with E-state index in [-0.39, 0.29) is 11.8 Å². The number of anilines is 2. The van der Waals surface area contributed by atoms with E-state index >= 15 is 0 Å². The minimum atomic E-state index is -0.00607. The molecule has 0 saturated heterocycles. The number of carbonyl (C=O) groups is 2. The molecule has 2 heterocycles. The maximum absolute atomic E-state index is 13.0. The summed E-state index contributed by atoms with van der Waals surface area (Å²) in [7, 11) is 0. The van der Waals surface area contributed by atoms with Crippen molar-refractivity contribution in [3.8, 4) is 0 Å². The maximum atomic E-state index is 13.0. The van der Waals surface area contributed by atoms with Gasteiger partial charge in [0.1, 0.15) is 0 Å². The lowest BCUT2D eigenvalue weighted by Gasteiger charge is -2.29. The van der Waals surface area contributed by atoms with Gasteiger partial charge in [-0.15, -0.1) is 11.8 Å². The molecule has 2 aliphatic heterocycles. The molecule has 2 aromatic carbocycles. The maximum Gasteiger partial charge on any atom is 0.258 e. The van der Waals surface area contributed by atoms with Gasteiger partial charge in [-0.2, -0.15) is 0 Å². The van der Waals surface area contributed by atoms with Crippen molar-refractivity contribution in [1.82, 2.24) is 0 Å². The average molecular weight is 338 g/mol. The van der Waals surface area contributed by atoms with E-state index in [0.717, 1.165) is 41.4 Å². The first kappa shape index (κ1) is 15.3. The standard InChI is InChI=1S/C19H18N2O2S/c22-18-9-11-24-17-8-7-14(12-15(17)20-18)19(23)21-10-3-5-13-4-1-2-6-16(13)21/h1-2,4,6-8,12H,3,5,9-11H2,(H,20,22). The number of nitrogens with zero attached hydrogens (tertiary/aromatic N) is 1. The molecular weight excluding hydrogens is 320 g/mol. The van der Waals surface area contributed by atoms with Crippen molar-refractivity contribution in [1.29, 1.82) is 0 Å². The molecule has 0 atom stereocenters. The second kappa shape index (κ2) is 6.32. The molecule has 0 spiro atoms. The third kappa shape index (κ3) is 2.80. The zero-order chi connectivity index (χ0) is 16.5. The molecule has 0 fully saturated rings. The molecular formula is C19H18N2O2S. The third-order valence-corrected chi connectivity index (χ3v) is 5.52. The van der Waals surface area contributed by atoms with Crippen LogP contribution in [0.25, 0.3) is 0 Å². The van der Waals surface area contributed by atoms with Crippen molar-refractivity contribution in [3.05, 3.63) is 53.6 Å². The SMILES string of the molecule is O=C1CCSc2ccc(C(=O)N3CCCc4ccccc43)cc2N1. The number of amides is 2. The number of thioether (sulfide) groups is 1. The van der Waals surface area contributed by atoms with Gasteiger partial charge in [-0.1, -0.05) is 18.2 Å². The van der Waals surface area contributed by atoms with Crippen molar-refractivity contribution < 1.29 is 9.59 Å². The Morgan fingerprint density at radius 3 is 2.92 bits per heavy atom. The van der Waals surface area contributed by atoms with Gasteiger partial charge in [-0.3, -0.25) is 9.59 Å². The van der Waals surface area contributed by atoms with E-state index < -0.39 is 0 Å². The van der Waals surface area contributed by atoms with Gasteiger partial charge in [0.2, 0.25) is 5.91 Å². The number of fused-ring (bicyclic) bond motifs is 2. The van der Waals surface area contributed by atoms with Crippen LogP contribution in [-0.2, 0) is 11.2 Å². The van der Waals surface area contributed by atoms with E-state index in [0.29, 0.717) is 12.0 Å². The van der Waals surface area contributed by atoms with E-state index in [1.54, 1.807) is 11.8 Å². The fourth-order valence-corrected chi connectivity index (χ4v) is 4.19. The molecule has 0 aliphatic carbocycles.